The summed E-state index contributed by atoms with van der Waals surface area (Å²) in [5, 5.41) is 0.706. The van der Waals surface area contributed by atoms with Crippen molar-refractivity contribution >= 4 is 56.8 Å². The van der Waals surface area contributed by atoms with E-state index in [-0.39, 0.29) is 30.6 Å². The van der Waals surface area contributed by atoms with E-state index in [0.717, 1.165) is 22.3 Å². The van der Waals surface area contributed by atoms with Crippen molar-refractivity contribution < 1.29 is 9.18 Å². The van der Waals surface area contributed by atoms with Gasteiger partial charge < -0.3 is 4.90 Å². The van der Waals surface area contributed by atoms with Gasteiger partial charge in [0.15, 0.2) is 5.13 Å². The minimum atomic E-state index is -0.300. The van der Waals surface area contributed by atoms with E-state index in [2.05, 4.69) is 11.1 Å². The van der Waals surface area contributed by atoms with Crippen LogP contribution in [-0.4, -0.2) is 49.2 Å². The molecule has 4 nitrogen and oxygen atoms in total. The summed E-state index contributed by atoms with van der Waals surface area (Å²) in [6.45, 7) is 1.30. The van der Waals surface area contributed by atoms with Gasteiger partial charge in [-0.15, -0.1) is 24.2 Å². The predicted molar refractivity (Wildman–Crippen MR) is 120 cm³/mol. The maximum atomic E-state index is 13.1. The molecule has 0 fully saturated rings. The Morgan fingerprint density at radius 3 is 2.50 bits per heavy atom. The van der Waals surface area contributed by atoms with Gasteiger partial charge in [-0.25, -0.2) is 9.37 Å². The highest BCUT2D eigenvalue weighted by Gasteiger charge is 2.20. The zero-order valence-electron chi connectivity index (χ0n) is 16.0. The number of aromatic nitrogens is 1. The molecule has 1 aromatic heterocycles. The largest absolute Gasteiger partial charge is 0.308 e. The van der Waals surface area contributed by atoms with E-state index in [0.29, 0.717) is 11.7 Å². The molecular formula is C20H23ClFN3OS2. The van der Waals surface area contributed by atoms with E-state index >= 15 is 0 Å². The zero-order chi connectivity index (χ0) is 19.4. The standard InChI is InChI=1S/C20H22FN3OS2.ClH/c1-23(2)10-11-24(19(25)12-14-4-6-15(21)7-5-14)20-22-17-9-8-16(26-3)13-18(17)27-20;/h4-9,13H,10-12H2,1-3H3;1H. The number of nitrogens with zero attached hydrogens (tertiary/aromatic N) is 3. The van der Waals surface area contributed by atoms with Crippen molar-refractivity contribution in [1.82, 2.24) is 9.88 Å². The maximum Gasteiger partial charge on any atom is 0.233 e. The SMILES string of the molecule is CSc1ccc2nc(N(CCN(C)C)C(=O)Cc3ccc(F)cc3)sc2c1.Cl. The third kappa shape index (κ3) is 5.67. The molecule has 0 aliphatic rings. The van der Waals surface area contributed by atoms with Gasteiger partial charge in [0.05, 0.1) is 16.6 Å². The minimum Gasteiger partial charge on any atom is -0.308 e. The molecule has 1 heterocycles. The molecule has 0 bridgehead atoms. The molecule has 2 aromatic carbocycles. The molecule has 8 heteroatoms. The molecule has 0 spiro atoms. The fraction of sp³-hybridized carbons (Fsp3) is 0.300. The number of rotatable bonds is 7. The maximum absolute atomic E-state index is 13.1. The quantitative estimate of drug-likeness (QED) is 0.499. The molecule has 0 N–H and O–H groups in total. The molecule has 28 heavy (non-hydrogen) atoms. The molecule has 0 radical (unpaired) electrons. The fourth-order valence-corrected chi connectivity index (χ4v) is 4.20. The van der Waals surface area contributed by atoms with Gasteiger partial charge in [0.2, 0.25) is 5.91 Å². The van der Waals surface area contributed by atoms with Gasteiger partial charge in [-0.1, -0.05) is 23.5 Å². The normalized spacial score (nSPS) is 10.9. The number of anilines is 1. The molecule has 0 aliphatic heterocycles. The van der Waals surface area contributed by atoms with Crippen molar-refractivity contribution in [2.24, 2.45) is 0 Å². The fourth-order valence-electron chi connectivity index (χ4n) is 2.63. The number of carbonyl (C=O) groups excluding carboxylic acids is 1. The number of halogens is 2. The first kappa shape index (κ1) is 22.6. The Labute approximate surface area is 179 Å². The van der Waals surface area contributed by atoms with Crippen LogP contribution in [0.3, 0.4) is 0 Å². The molecule has 1 amide bonds. The number of likely N-dealkylation sites (N-methyl/N-ethyl adjacent to an activating group) is 1. The molecule has 0 aliphatic carbocycles. The third-order valence-electron chi connectivity index (χ3n) is 4.16. The number of benzene rings is 2. The first-order valence-corrected chi connectivity index (χ1v) is 10.6. The van der Waals surface area contributed by atoms with Gasteiger partial charge in [-0.05, 0) is 56.2 Å². The summed E-state index contributed by atoms with van der Waals surface area (Å²) in [6, 6.07) is 12.2. The first-order chi connectivity index (χ1) is 13.0. The van der Waals surface area contributed by atoms with Crippen LogP contribution in [0, 0.1) is 5.82 Å². The van der Waals surface area contributed by atoms with Crippen LogP contribution in [0.5, 0.6) is 0 Å². The summed E-state index contributed by atoms with van der Waals surface area (Å²) in [5.74, 6) is -0.334. The summed E-state index contributed by atoms with van der Waals surface area (Å²) in [4.78, 5) is 22.6. The summed E-state index contributed by atoms with van der Waals surface area (Å²) >= 11 is 3.22. The molecular weight excluding hydrogens is 417 g/mol. The molecule has 0 saturated heterocycles. The van der Waals surface area contributed by atoms with Crippen molar-refractivity contribution in [2.45, 2.75) is 11.3 Å². The van der Waals surface area contributed by atoms with E-state index < -0.39 is 0 Å². The Morgan fingerprint density at radius 1 is 1.14 bits per heavy atom. The summed E-state index contributed by atoms with van der Waals surface area (Å²) in [7, 11) is 3.96. The number of amides is 1. The van der Waals surface area contributed by atoms with Crippen LogP contribution < -0.4 is 4.90 Å². The molecule has 0 atom stereocenters. The van der Waals surface area contributed by atoms with Crippen LogP contribution >= 0.6 is 35.5 Å². The third-order valence-corrected chi connectivity index (χ3v) is 5.92. The Hall–Kier alpha value is -1.67. The van der Waals surface area contributed by atoms with Gasteiger partial charge in [0, 0.05) is 18.0 Å². The van der Waals surface area contributed by atoms with Crippen LogP contribution in [0.25, 0.3) is 10.2 Å². The van der Waals surface area contributed by atoms with Crippen LogP contribution in [0.2, 0.25) is 0 Å². The van der Waals surface area contributed by atoms with Crippen molar-refractivity contribution in [3.05, 3.63) is 53.8 Å². The lowest BCUT2D eigenvalue weighted by atomic mass is 10.1. The average molecular weight is 440 g/mol. The number of thioether (sulfide) groups is 1. The van der Waals surface area contributed by atoms with E-state index in [1.54, 1.807) is 28.8 Å². The molecule has 0 unspecified atom stereocenters. The number of thiazole rings is 1. The van der Waals surface area contributed by atoms with Gasteiger partial charge >= 0.3 is 0 Å². The van der Waals surface area contributed by atoms with Crippen LogP contribution in [0.15, 0.2) is 47.4 Å². The van der Waals surface area contributed by atoms with E-state index in [1.165, 1.54) is 28.4 Å². The zero-order valence-corrected chi connectivity index (χ0v) is 18.5. The lowest BCUT2D eigenvalue weighted by molar-refractivity contribution is -0.118. The lowest BCUT2D eigenvalue weighted by Gasteiger charge is -2.22. The summed E-state index contributed by atoms with van der Waals surface area (Å²) < 4.78 is 14.2. The van der Waals surface area contributed by atoms with E-state index in [1.807, 2.05) is 37.4 Å². The topological polar surface area (TPSA) is 36.4 Å². The highest BCUT2D eigenvalue weighted by Crippen LogP contribution is 2.31. The molecule has 3 rings (SSSR count). The van der Waals surface area contributed by atoms with Gasteiger partial charge in [0.25, 0.3) is 0 Å². The second-order valence-corrected chi connectivity index (χ2v) is 8.37. The minimum absolute atomic E-state index is 0. The number of hydrogen-bond donors (Lipinski definition) is 0. The molecule has 3 aromatic rings. The van der Waals surface area contributed by atoms with Gasteiger partial charge in [-0.3, -0.25) is 9.69 Å². The molecule has 0 saturated carbocycles. The van der Waals surface area contributed by atoms with Crippen molar-refractivity contribution in [2.75, 3.05) is 38.3 Å². The Morgan fingerprint density at radius 2 is 1.86 bits per heavy atom. The predicted octanol–water partition coefficient (Wildman–Crippen LogP) is 4.72. The van der Waals surface area contributed by atoms with E-state index in [4.69, 9.17) is 0 Å². The number of hydrogen-bond acceptors (Lipinski definition) is 5. The summed E-state index contributed by atoms with van der Waals surface area (Å²) in [6.07, 6.45) is 2.26. The van der Waals surface area contributed by atoms with Crippen LogP contribution in [0.4, 0.5) is 9.52 Å². The second-order valence-electron chi connectivity index (χ2n) is 6.48. The lowest BCUT2D eigenvalue weighted by Crippen LogP contribution is -2.37. The Kier molecular flexibility index (Phi) is 8.24. The number of carbonyl (C=O) groups is 1. The monoisotopic (exact) mass is 439 g/mol. The molecule has 150 valence electrons. The average Bonchev–Trinajstić information content (AvgIpc) is 3.06. The Bertz CT molecular complexity index is 931. The van der Waals surface area contributed by atoms with E-state index in [9.17, 15) is 9.18 Å². The van der Waals surface area contributed by atoms with Crippen LogP contribution in [0.1, 0.15) is 5.56 Å². The van der Waals surface area contributed by atoms with Gasteiger partial charge in [-0.2, -0.15) is 0 Å². The van der Waals surface area contributed by atoms with Crippen molar-refractivity contribution in [3.8, 4) is 0 Å². The van der Waals surface area contributed by atoms with Crippen molar-refractivity contribution in [3.63, 3.8) is 0 Å². The Balaban J connectivity index is 0.00000280. The summed E-state index contributed by atoms with van der Waals surface area (Å²) in [5.41, 5.74) is 1.69. The highest BCUT2D eigenvalue weighted by molar-refractivity contribution is 7.98. The van der Waals surface area contributed by atoms with Crippen LogP contribution in [-0.2, 0) is 11.2 Å². The smallest absolute Gasteiger partial charge is 0.233 e. The number of fused-ring (bicyclic) bond motifs is 1. The van der Waals surface area contributed by atoms with Gasteiger partial charge in [0.1, 0.15) is 5.82 Å². The van der Waals surface area contributed by atoms with Crippen molar-refractivity contribution in [1.29, 1.82) is 0 Å². The second kappa shape index (κ2) is 10.2. The highest BCUT2D eigenvalue weighted by atomic mass is 35.5. The first-order valence-electron chi connectivity index (χ1n) is 8.60.